The lowest BCUT2D eigenvalue weighted by Gasteiger charge is -2.28. The Morgan fingerprint density at radius 3 is 2.48 bits per heavy atom. The second kappa shape index (κ2) is 10.2. The molecular weight excluding hydrogens is 425 g/mol. The third-order valence-electron chi connectivity index (χ3n) is 5.40. The zero-order valence-corrected chi connectivity index (χ0v) is 18.9. The molecule has 0 fully saturated rings. The highest BCUT2D eigenvalue weighted by molar-refractivity contribution is 6.47. The molecule has 0 radical (unpaired) electrons. The fourth-order valence-electron chi connectivity index (χ4n) is 3.48. The minimum Gasteiger partial charge on any atom is -0.535 e. The van der Waals surface area contributed by atoms with E-state index >= 15 is 0 Å². The molecule has 3 N–H and O–H groups in total. The van der Waals surface area contributed by atoms with Crippen molar-refractivity contribution in [2.75, 3.05) is 6.79 Å². The van der Waals surface area contributed by atoms with Gasteiger partial charge in [0.1, 0.15) is 11.3 Å². The third kappa shape index (κ3) is 6.00. The van der Waals surface area contributed by atoms with E-state index in [4.69, 9.17) is 19.9 Å². The van der Waals surface area contributed by atoms with E-state index in [1.807, 2.05) is 18.2 Å². The summed E-state index contributed by atoms with van der Waals surface area (Å²) in [7, 11) is -1.29. The number of fused-ring (bicyclic) bond motifs is 1. The summed E-state index contributed by atoms with van der Waals surface area (Å²) in [6.45, 7) is 4.53. The molecule has 2 atom stereocenters. The summed E-state index contributed by atoms with van der Waals surface area (Å²) in [4.78, 5) is 37.0. The van der Waals surface area contributed by atoms with E-state index in [0.29, 0.717) is 17.5 Å². The van der Waals surface area contributed by atoms with Gasteiger partial charge in [0.15, 0.2) is 5.78 Å². The second-order valence-corrected chi connectivity index (χ2v) is 9.06. The Bertz CT molecular complexity index is 1020. The maximum absolute atomic E-state index is 12.7. The van der Waals surface area contributed by atoms with Gasteiger partial charge in [-0.2, -0.15) is 0 Å². The van der Waals surface area contributed by atoms with E-state index in [0.717, 1.165) is 0 Å². The van der Waals surface area contributed by atoms with Crippen LogP contribution in [0.15, 0.2) is 48.5 Å². The fraction of sp³-hybridized carbons (Fsp3) is 0.375. The zero-order chi connectivity index (χ0) is 24.2. The molecule has 33 heavy (non-hydrogen) atoms. The van der Waals surface area contributed by atoms with E-state index < -0.39 is 43.1 Å². The van der Waals surface area contributed by atoms with Crippen molar-refractivity contribution in [1.29, 1.82) is 0 Å². The molecule has 2 aromatic carbocycles. The summed E-state index contributed by atoms with van der Waals surface area (Å²) in [5.41, 5.74) is 6.82. The van der Waals surface area contributed by atoms with Crippen molar-refractivity contribution in [2.24, 2.45) is 11.1 Å². The van der Waals surface area contributed by atoms with Crippen molar-refractivity contribution in [1.82, 2.24) is 0 Å². The van der Waals surface area contributed by atoms with Crippen molar-refractivity contribution in [3.63, 3.8) is 0 Å². The van der Waals surface area contributed by atoms with Crippen LogP contribution in [0.3, 0.4) is 0 Å². The standard InChI is InChI=1S/C24H28BNO7/c1-24(2,3)23(29)32-14-31-22(28)18-11-7-10-16-12-17(25(30)33-21(16)18)13-19(27)20(26)15-8-5-4-6-9-15/h4-11,17,20,30H,12-14,26H2,1-3H3/t17-,20+/m1/s1. The highest BCUT2D eigenvalue weighted by Crippen LogP contribution is 2.37. The number of Topliss-reactive ketones (excluding diaryl/α,β-unsaturated/α-hetero) is 1. The molecule has 0 aromatic heterocycles. The molecule has 1 aliphatic heterocycles. The molecule has 8 nitrogen and oxygen atoms in total. The molecule has 0 saturated carbocycles. The van der Waals surface area contributed by atoms with Gasteiger partial charge in [0.25, 0.3) is 0 Å². The monoisotopic (exact) mass is 453 g/mol. The van der Waals surface area contributed by atoms with Gasteiger partial charge in [-0.05, 0) is 44.4 Å². The van der Waals surface area contributed by atoms with Crippen molar-refractivity contribution in [3.8, 4) is 5.75 Å². The molecule has 0 saturated heterocycles. The molecule has 0 unspecified atom stereocenters. The van der Waals surface area contributed by atoms with Crippen LogP contribution in [0.4, 0.5) is 0 Å². The summed E-state index contributed by atoms with van der Waals surface area (Å²) in [5.74, 6) is -1.79. The topological polar surface area (TPSA) is 125 Å². The Morgan fingerprint density at radius 2 is 1.82 bits per heavy atom. The number of hydrogen-bond acceptors (Lipinski definition) is 8. The van der Waals surface area contributed by atoms with Crippen LogP contribution >= 0.6 is 0 Å². The van der Waals surface area contributed by atoms with Crippen LogP contribution in [0.25, 0.3) is 0 Å². The van der Waals surface area contributed by atoms with Gasteiger partial charge in [0.2, 0.25) is 6.79 Å². The average Bonchev–Trinajstić information content (AvgIpc) is 2.78. The first-order chi connectivity index (χ1) is 15.6. The molecule has 0 amide bonds. The van der Waals surface area contributed by atoms with E-state index in [1.165, 1.54) is 6.07 Å². The number of rotatable bonds is 7. The molecule has 0 bridgehead atoms. The normalized spacial score (nSPS) is 16.3. The van der Waals surface area contributed by atoms with Crippen LogP contribution in [0.2, 0.25) is 5.82 Å². The van der Waals surface area contributed by atoms with Crippen LogP contribution in [0, 0.1) is 5.41 Å². The minimum atomic E-state index is -1.29. The van der Waals surface area contributed by atoms with Crippen LogP contribution in [-0.4, -0.2) is 36.7 Å². The molecule has 0 aliphatic carbocycles. The largest absolute Gasteiger partial charge is 0.535 e. The number of carbonyl (C=O) groups excluding carboxylic acids is 3. The quantitative estimate of drug-likeness (QED) is 0.373. The van der Waals surface area contributed by atoms with Crippen molar-refractivity contribution >= 4 is 24.8 Å². The Balaban J connectivity index is 1.65. The lowest BCUT2D eigenvalue weighted by Crippen LogP contribution is -2.37. The predicted octanol–water partition coefficient (Wildman–Crippen LogP) is 2.84. The molecule has 0 spiro atoms. The highest BCUT2D eigenvalue weighted by atomic mass is 16.7. The summed E-state index contributed by atoms with van der Waals surface area (Å²) in [6, 6.07) is 13.1. The predicted molar refractivity (Wildman–Crippen MR) is 121 cm³/mol. The Hall–Kier alpha value is -3.17. The number of carbonyl (C=O) groups is 3. The molecule has 174 valence electrons. The molecule has 1 heterocycles. The van der Waals surface area contributed by atoms with E-state index in [-0.39, 0.29) is 23.5 Å². The summed E-state index contributed by atoms with van der Waals surface area (Å²) in [5, 5.41) is 10.5. The van der Waals surface area contributed by atoms with Crippen molar-refractivity contribution < 1.29 is 33.5 Å². The van der Waals surface area contributed by atoms with E-state index in [1.54, 1.807) is 45.0 Å². The van der Waals surface area contributed by atoms with Crippen LogP contribution in [0.5, 0.6) is 5.75 Å². The third-order valence-corrected chi connectivity index (χ3v) is 5.40. The summed E-state index contributed by atoms with van der Waals surface area (Å²) >= 11 is 0. The zero-order valence-electron chi connectivity index (χ0n) is 18.9. The number of benzene rings is 2. The molecule has 9 heteroatoms. The maximum Gasteiger partial charge on any atom is 0.526 e. The van der Waals surface area contributed by atoms with Crippen LogP contribution in [-0.2, 0) is 25.5 Å². The molecular formula is C24H28BNO7. The summed E-state index contributed by atoms with van der Waals surface area (Å²) < 4.78 is 15.6. The van der Waals surface area contributed by atoms with Crippen LogP contribution < -0.4 is 10.4 Å². The Kier molecular flexibility index (Phi) is 7.55. The maximum atomic E-state index is 12.7. The Morgan fingerprint density at radius 1 is 1.12 bits per heavy atom. The molecule has 3 rings (SSSR count). The fourth-order valence-corrected chi connectivity index (χ4v) is 3.48. The van der Waals surface area contributed by atoms with Gasteiger partial charge in [-0.15, -0.1) is 0 Å². The first kappa shape index (κ1) is 24.5. The van der Waals surface area contributed by atoms with Gasteiger partial charge < -0.3 is 24.9 Å². The van der Waals surface area contributed by atoms with Gasteiger partial charge >= 0.3 is 19.1 Å². The van der Waals surface area contributed by atoms with Gasteiger partial charge in [-0.1, -0.05) is 42.5 Å². The minimum absolute atomic E-state index is 0.0219. The van der Waals surface area contributed by atoms with Gasteiger partial charge in [0, 0.05) is 12.2 Å². The smallest absolute Gasteiger partial charge is 0.526 e. The number of para-hydroxylation sites is 1. The SMILES string of the molecule is CC(C)(C)C(=O)OCOC(=O)c1cccc2c1OB(O)[C@@H](CC(=O)[C@@H](N)c1ccccc1)C2. The first-order valence-corrected chi connectivity index (χ1v) is 10.7. The lowest BCUT2D eigenvalue weighted by molar-refractivity contribution is -0.161. The number of hydrogen-bond donors (Lipinski definition) is 2. The average molecular weight is 453 g/mol. The van der Waals surface area contributed by atoms with Crippen molar-refractivity contribution in [2.45, 2.75) is 45.5 Å². The highest BCUT2D eigenvalue weighted by Gasteiger charge is 2.38. The van der Waals surface area contributed by atoms with Gasteiger partial charge in [-0.3, -0.25) is 9.59 Å². The lowest BCUT2D eigenvalue weighted by atomic mass is 9.64. The van der Waals surface area contributed by atoms with Gasteiger partial charge in [0.05, 0.1) is 11.5 Å². The van der Waals surface area contributed by atoms with E-state index in [9.17, 15) is 19.4 Å². The summed E-state index contributed by atoms with van der Waals surface area (Å²) in [6.07, 6.45) is 0.345. The first-order valence-electron chi connectivity index (χ1n) is 10.7. The number of ketones is 1. The second-order valence-electron chi connectivity index (χ2n) is 9.06. The number of ether oxygens (including phenoxy) is 2. The molecule has 1 aliphatic rings. The Labute approximate surface area is 193 Å². The van der Waals surface area contributed by atoms with Gasteiger partial charge in [-0.25, -0.2) is 4.79 Å². The number of esters is 2. The molecule has 2 aromatic rings. The van der Waals surface area contributed by atoms with Crippen molar-refractivity contribution in [3.05, 3.63) is 65.2 Å². The number of nitrogens with two attached hydrogens (primary N) is 1. The van der Waals surface area contributed by atoms with Crippen LogP contribution in [0.1, 0.15) is 54.7 Å². The van der Waals surface area contributed by atoms with E-state index in [2.05, 4.69) is 0 Å².